The van der Waals surface area contributed by atoms with Crippen LogP contribution in [0.5, 0.6) is 0 Å². The standard InChI is InChI=1S/C13H23N3/c1-10-3-4-12(7-11(10)2)16-6-5-15-9-13(16)8-14/h10-13,15H,3-7,9H2,1-2H3. The zero-order chi connectivity index (χ0) is 11.5. The molecule has 1 N–H and O–H groups in total. The van der Waals surface area contributed by atoms with Crippen LogP contribution in [0, 0.1) is 23.2 Å². The summed E-state index contributed by atoms with van der Waals surface area (Å²) in [6.45, 7) is 7.65. The molecular formula is C13H23N3. The van der Waals surface area contributed by atoms with Crippen molar-refractivity contribution in [2.45, 2.75) is 45.2 Å². The van der Waals surface area contributed by atoms with Gasteiger partial charge in [0.05, 0.1) is 6.07 Å². The average Bonchev–Trinajstić information content (AvgIpc) is 2.32. The van der Waals surface area contributed by atoms with E-state index in [2.05, 4.69) is 30.1 Å². The summed E-state index contributed by atoms with van der Waals surface area (Å²) in [5.41, 5.74) is 0. The second-order valence-electron chi connectivity index (χ2n) is 5.51. The minimum absolute atomic E-state index is 0.0966. The molecule has 3 heteroatoms. The zero-order valence-corrected chi connectivity index (χ0v) is 10.4. The molecule has 0 radical (unpaired) electrons. The number of nitrogens with zero attached hydrogens (tertiary/aromatic N) is 2. The molecule has 0 bridgehead atoms. The van der Waals surface area contributed by atoms with E-state index in [-0.39, 0.29) is 6.04 Å². The van der Waals surface area contributed by atoms with Crippen molar-refractivity contribution in [2.75, 3.05) is 19.6 Å². The predicted octanol–water partition coefficient (Wildman–Crippen LogP) is 1.61. The lowest BCUT2D eigenvalue weighted by Crippen LogP contribution is -2.55. The molecule has 16 heavy (non-hydrogen) atoms. The van der Waals surface area contributed by atoms with Crippen LogP contribution in [-0.2, 0) is 0 Å². The molecule has 3 nitrogen and oxygen atoms in total. The Hall–Kier alpha value is -0.590. The molecule has 0 aromatic carbocycles. The largest absolute Gasteiger partial charge is 0.313 e. The molecule has 0 spiro atoms. The van der Waals surface area contributed by atoms with Crippen LogP contribution in [-0.4, -0.2) is 36.6 Å². The van der Waals surface area contributed by atoms with Crippen LogP contribution in [0.1, 0.15) is 33.1 Å². The first-order valence-electron chi connectivity index (χ1n) is 6.58. The summed E-state index contributed by atoms with van der Waals surface area (Å²) < 4.78 is 0. The number of piperazine rings is 1. The van der Waals surface area contributed by atoms with Crippen LogP contribution in [0.15, 0.2) is 0 Å². The Morgan fingerprint density at radius 1 is 1.25 bits per heavy atom. The quantitative estimate of drug-likeness (QED) is 0.731. The smallest absolute Gasteiger partial charge is 0.111 e. The van der Waals surface area contributed by atoms with Gasteiger partial charge in [0.25, 0.3) is 0 Å². The molecule has 90 valence electrons. The first kappa shape index (κ1) is 11.9. The van der Waals surface area contributed by atoms with Crippen molar-refractivity contribution in [3.8, 4) is 6.07 Å². The molecule has 4 unspecified atom stereocenters. The Balaban J connectivity index is 1.98. The second kappa shape index (κ2) is 5.16. The van der Waals surface area contributed by atoms with E-state index >= 15 is 0 Å². The minimum atomic E-state index is 0.0966. The fourth-order valence-corrected chi connectivity index (χ4v) is 3.10. The van der Waals surface area contributed by atoms with Gasteiger partial charge in [0.15, 0.2) is 0 Å². The average molecular weight is 221 g/mol. The molecule has 0 aromatic heterocycles. The molecule has 1 saturated carbocycles. The van der Waals surface area contributed by atoms with E-state index < -0.39 is 0 Å². The van der Waals surface area contributed by atoms with Gasteiger partial charge in [-0.15, -0.1) is 0 Å². The summed E-state index contributed by atoms with van der Waals surface area (Å²) in [5, 5.41) is 12.5. The van der Waals surface area contributed by atoms with Crippen molar-refractivity contribution in [2.24, 2.45) is 11.8 Å². The molecule has 1 aliphatic carbocycles. The van der Waals surface area contributed by atoms with Crippen molar-refractivity contribution < 1.29 is 0 Å². The molecule has 1 heterocycles. The molecular weight excluding hydrogens is 198 g/mol. The molecule has 0 amide bonds. The molecule has 2 rings (SSSR count). The van der Waals surface area contributed by atoms with Crippen molar-refractivity contribution in [3.63, 3.8) is 0 Å². The van der Waals surface area contributed by atoms with Crippen molar-refractivity contribution in [1.29, 1.82) is 5.26 Å². The maximum absolute atomic E-state index is 9.18. The molecule has 2 fully saturated rings. The number of rotatable bonds is 1. The lowest BCUT2D eigenvalue weighted by molar-refractivity contribution is 0.0751. The van der Waals surface area contributed by atoms with E-state index in [0.717, 1.165) is 31.5 Å². The van der Waals surface area contributed by atoms with Crippen LogP contribution in [0.2, 0.25) is 0 Å². The summed E-state index contributed by atoms with van der Waals surface area (Å²) >= 11 is 0. The normalized spacial score (nSPS) is 41.6. The number of nitrogens with one attached hydrogen (secondary N) is 1. The summed E-state index contributed by atoms with van der Waals surface area (Å²) in [6.07, 6.45) is 3.89. The topological polar surface area (TPSA) is 39.1 Å². The monoisotopic (exact) mass is 221 g/mol. The summed E-state index contributed by atoms with van der Waals surface area (Å²) in [7, 11) is 0. The highest BCUT2D eigenvalue weighted by Gasteiger charge is 2.33. The predicted molar refractivity (Wildman–Crippen MR) is 64.9 cm³/mol. The van der Waals surface area contributed by atoms with Crippen LogP contribution in [0.3, 0.4) is 0 Å². The highest BCUT2D eigenvalue weighted by molar-refractivity contribution is 4.99. The van der Waals surface area contributed by atoms with Crippen molar-refractivity contribution in [1.82, 2.24) is 10.2 Å². The maximum atomic E-state index is 9.18. The van der Waals surface area contributed by atoms with E-state index in [1.165, 1.54) is 19.3 Å². The first-order chi connectivity index (χ1) is 7.72. The van der Waals surface area contributed by atoms with Crippen LogP contribution < -0.4 is 5.32 Å². The summed E-state index contributed by atoms with van der Waals surface area (Å²) in [4.78, 5) is 2.44. The zero-order valence-electron chi connectivity index (χ0n) is 10.4. The Labute approximate surface area is 98.8 Å². The van der Waals surface area contributed by atoms with Crippen LogP contribution in [0.4, 0.5) is 0 Å². The SMILES string of the molecule is CC1CCC(N2CCNCC2C#N)CC1C. The first-order valence-corrected chi connectivity index (χ1v) is 6.58. The van der Waals surface area contributed by atoms with Gasteiger partial charge >= 0.3 is 0 Å². The molecule has 0 aromatic rings. The van der Waals surface area contributed by atoms with Gasteiger partial charge in [0.2, 0.25) is 0 Å². The lowest BCUT2D eigenvalue weighted by atomic mass is 9.78. The number of hydrogen-bond acceptors (Lipinski definition) is 3. The van der Waals surface area contributed by atoms with Gasteiger partial charge in [0, 0.05) is 25.7 Å². The highest BCUT2D eigenvalue weighted by atomic mass is 15.2. The molecule has 1 saturated heterocycles. The third-order valence-electron chi connectivity index (χ3n) is 4.47. The van der Waals surface area contributed by atoms with E-state index in [1.807, 2.05) is 0 Å². The van der Waals surface area contributed by atoms with Crippen molar-refractivity contribution in [3.05, 3.63) is 0 Å². The van der Waals surface area contributed by atoms with Crippen molar-refractivity contribution >= 4 is 0 Å². The minimum Gasteiger partial charge on any atom is -0.313 e. The fraction of sp³-hybridized carbons (Fsp3) is 0.923. The lowest BCUT2D eigenvalue weighted by Gasteiger charge is -2.43. The van der Waals surface area contributed by atoms with Gasteiger partial charge in [0.1, 0.15) is 6.04 Å². The van der Waals surface area contributed by atoms with Gasteiger partial charge < -0.3 is 5.32 Å². The fourth-order valence-electron chi connectivity index (χ4n) is 3.10. The molecule has 4 atom stereocenters. The summed E-state index contributed by atoms with van der Waals surface area (Å²) in [5.74, 6) is 1.67. The van der Waals surface area contributed by atoms with Crippen LogP contribution >= 0.6 is 0 Å². The molecule has 1 aliphatic heterocycles. The number of nitriles is 1. The third kappa shape index (κ3) is 2.39. The van der Waals surface area contributed by atoms with Crippen LogP contribution in [0.25, 0.3) is 0 Å². The number of hydrogen-bond donors (Lipinski definition) is 1. The van der Waals surface area contributed by atoms with Gasteiger partial charge in [-0.1, -0.05) is 13.8 Å². The summed E-state index contributed by atoms with van der Waals surface area (Å²) in [6, 6.07) is 3.19. The third-order valence-corrected chi connectivity index (χ3v) is 4.47. The Morgan fingerprint density at radius 3 is 2.75 bits per heavy atom. The Kier molecular flexibility index (Phi) is 3.83. The van der Waals surface area contributed by atoms with Gasteiger partial charge in [-0.2, -0.15) is 5.26 Å². The highest BCUT2D eigenvalue weighted by Crippen LogP contribution is 2.32. The Morgan fingerprint density at radius 2 is 2.06 bits per heavy atom. The second-order valence-corrected chi connectivity index (χ2v) is 5.51. The van der Waals surface area contributed by atoms with E-state index in [1.54, 1.807) is 0 Å². The van der Waals surface area contributed by atoms with Gasteiger partial charge in [-0.25, -0.2) is 0 Å². The molecule has 2 aliphatic rings. The van der Waals surface area contributed by atoms with E-state index in [0.29, 0.717) is 6.04 Å². The van der Waals surface area contributed by atoms with E-state index in [4.69, 9.17) is 0 Å². The van der Waals surface area contributed by atoms with E-state index in [9.17, 15) is 5.26 Å². The maximum Gasteiger partial charge on any atom is 0.111 e. The van der Waals surface area contributed by atoms with Gasteiger partial charge in [-0.05, 0) is 31.1 Å². The van der Waals surface area contributed by atoms with Gasteiger partial charge in [-0.3, -0.25) is 4.90 Å². The Bertz CT molecular complexity index is 271.